The number of pyridine rings is 1. The summed E-state index contributed by atoms with van der Waals surface area (Å²) in [6, 6.07) is 23.3. The van der Waals surface area contributed by atoms with Gasteiger partial charge in [0.1, 0.15) is 0 Å². The Morgan fingerprint density at radius 1 is 0.857 bits per heavy atom. The number of anilines is 2. The molecule has 0 saturated carbocycles. The van der Waals surface area contributed by atoms with Crippen molar-refractivity contribution in [1.82, 2.24) is 10.3 Å². The molecule has 1 aromatic heterocycles. The van der Waals surface area contributed by atoms with Crippen LogP contribution in [0, 0.1) is 0 Å². The molecule has 1 saturated heterocycles. The number of aromatic nitrogens is 1. The molecule has 2 amide bonds. The number of hydrogen-bond donors (Lipinski definition) is 2. The lowest BCUT2D eigenvalue weighted by molar-refractivity contribution is 0.250. The van der Waals surface area contributed by atoms with Crippen molar-refractivity contribution in [2.24, 2.45) is 0 Å². The molecule has 28 heavy (non-hydrogen) atoms. The number of benzene rings is 2. The second-order valence-electron chi connectivity index (χ2n) is 6.92. The molecule has 2 N–H and O–H groups in total. The minimum absolute atomic E-state index is 0.227. The van der Waals surface area contributed by atoms with Crippen molar-refractivity contribution < 1.29 is 4.79 Å². The fourth-order valence-corrected chi connectivity index (χ4v) is 3.62. The molecule has 0 bridgehead atoms. The Morgan fingerprint density at radius 3 is 2.07 bits per heavy atom. The Labute approximate surface area is 165 Å². The second kappa shape index (κ2) is 8.57. The topological polar surface area (TPSA) is 57.3 Å². The highest BCUT2D eigenvalue weighted by Crippen LogP contribution is 2.27. The molecule has 142 valence electrons. The molecular formula is C23H24N4O. The van der Waals surface area contributed by atoms with E-state index < -0.39 is 0 Å². The average Bonchev–Trinajstić information content (AvgIpc) is 3.28. The van der Waals surface area contributed by atoms with E-state index in [0.717, 1.165) is 48.6 Å². The monoisotopic (exact) mass is 372 g/mol. The quantitative estimate of drug-likeness (QED) is 0.688. The van der Waals surface area contributed by atoms with Crippen LogP contribution in [0.1, 0.15) is 30.0 Å². The maximum Gasteiger partial charge on any atom is 0.320 e. The predicted molar refractivity (Wildman–Crippen MR) is 113 cm³/mol. The van der Waals surface area contributed by atoms with E-state index in [1.807, 2.05) is 72.8 Å². The number of urea groups is 1. The fourth-order valence-electron chi connectivity index (χ4n) is 3.62. The minimum atomic E-state index is -0.244. The summed E-state index contributed by atoms with van der Waals surface area (Å²) >= 11 is 0. The van der Waals surface area contributed by atoms with Gasteiger partial charge < -0.3 is 15.5 Å². The third-order valence-corrected chi connectivity index (χ3v) is 4.98. The summed E-state index contributed by atoms with van der Waals surface area (Å²) in [5, 5.41) is 6.12. The van der Waals surface area contributed by atoms with Crippen molar-refractivity contribution in [3.8, 4) is 0 Å². The molecule has 0 aliphatic carbocycles. The van der Waals surface area contributed by atoms with E-state index in [4.69, 9.17) is 0 Å². The van der Waals surface area contributed by atoms with E-state index >= 15 is 0 Å². The molecule has 0 unspecified atom stereocenters. The van der Waals surface area contributed by atoms with E-state index in [2.05, 4.69) is 20.5 Å². The molecule has 0 radical (unpaired) electrons. The van der Waals surface area contributed by atoms with Gasteiger partial charge >= 0.3 is 6.03 Å². The first-order valence-corrected chi connectivity index (χ1v) is 9.68. The van der Waals surface area contributed by atoms with Crippen LogP contribution in [-0.4, -0.2) is 24.1 Å². The van der Waals surface area contributed by atoms with Gasteiger partial charge in [0.2, 0.25) is 0 Å². The lowest BCUT2D eigenvalue weighted by atomic mass is 9.99. The van der Waals surface area contributed by atoms with Crippen molar-refractivity contribution in [2.75, 3.05) is 23.3 Å². The molecule has 2 aromatic carbocycles. The Hall–Kier alpha value is -3.34. The normalized spacial score (nSPS) is 13.5. The summed E-state index contributed by atoms with van der Waals surface area (Å²) < 4.78 is 0. The van der Waals surface area contributed by atoms with Crippen LogP contribution in [0.25, 0.3) is 0 Å². The largest absolute Gasteiger partial charge is 0.355 e. The molecule has 5 nitrogen and oxygen atoms in total. The smallest absolute Gasteiger partial charge is 0.320 e. The van der Waals surface area contributed by atoms with Crippen LogP contribution in [0.5, 0.6) is 0 Å². The number of carbonyl (C=O) groups is 1. The van der Waals surface area contributed by atoms with Crippen LogP contribution in [0.4, 0.5) is 16.3 Å². The average molecular weight is 372 g/mol. The molecule has 2 heterocycles. The van der Waals surface area contributed by atoms with Gasteiger partial charge in [-0.3, -0.25) is 0 Å². The van der Waals surface area contributed by atoms with Gasteiger partial charge in [-0.05, 0) is 36.1 Å². The van der Waals surface area contributed by atoms with Crippen LogP contribution in [0.15, 0.2) is 79.0 Å². The highest BCUT2D eigenvalue weighted by molar-refractivity contribution is 5.92. The Bertz CT molecular complexity index is 869. The van der Waals surface area contributed by atoms with Gasteiger partial charge in [-0.2, -0.15) is 0 Å². The zero-order valence-corrected chi connectivity index (χ0v) is 15.7. The molecule has 0 atom stereocenters. The molecule has 1 aliphatic heterocycles. The van der Waals surface area contributed by atoms with E-state index in [9.17, 15) is 4.79 Å². The van der Waals surface area contributed by atoms with E-state index in [-0.39, 0.29) is 12.1 Å². The maximum absolute atomic E-state index is 12.9. The zero-order chi connectivity index (χ0) is 19.2. The Morgan fingerprint density at radius 2 is 1.46 bits per heavy atom. The van der Waals surface area contributed by atoms with Gasteiger partial charge in [0.25, 0.3) is 0 Å². The summed E-state index contributed by atoms with van der Waals surface area (Å²) in [6.07, 6.45) is 4.09. The van der Waals surface area contributed by atoms with Gasteiger partial charge in [-0.15, -0.1) is 0 Å². The number of carbonyl (C=O) groups excluding carboxylic acids is 1. The summed E-state index contributed by atoms with van der Waals surface area (Å²) in [6.45, 7) is 1.95. The number of rotatable bonds is 5. The Kier molecular flexibility index (Phi) is 5.52. The highest BCUT2D eigenvalue weighted by atomic mass is 16.2. The van der Waals surface area contributed by atoms with Gasteiger partial charge in [-0.1, -0.05) is 60.7 Å². The molecule has 1 fully saturated rings. The summed E-state index contributed by atoms with van der Waals surface area (Å²) in [7, 11) is 0. The van der Waals surface area contributed by atoms with Crippen LogP contribution < -0.4 is 15.5 Å². The number of amides is 2. The van der Waals surface area contributed by atoms with E-state index in [0.29, 0.717) is 0 Å². The first-order chi connectivity index (χ1) is 13.8. The van der Waals surface area contributed by atoms with E-state index in [1.165, 1.54) is 0 Å². The maximum atomic E-state index is 12.9. The lowest BCUT2D eigenvalue weighted by Crippen LogP contribution is -2.34. The van der Waals surface area contributed by atoms with Gasteiger partial charge in [-0.25, -0.2) is 9.78 Å². The molecule has 1 aliphatic rings. The second-order valence-corrected chi connectivity index (χ2v) is 6.92. The molecule has 0 spiro atoms. The highest BCUT2D eigenvalue weighted by Gasteiger charge is 2.20. The van der Waals surface area contributed by atoms with Gasteiger partial charge in [0.05, 0.1) is 11.7 Å². The SMILES string of the molecule is O=C(Nc1cccnc1N1CCCC1)NC(c1ccccc1)c1ccccc1. The first-order valence-electron chi connectivity index (χ1n) is 9.68. The minimum Gasteiger partial charge on any atom is -0.355 e. The standard InChI is InChI=1S/C23H24N4O/c28-23(25-20-14-9-15-24-22(20)27-16-7-8-17-27)26-21(18-10-3-1-4-11-18)19-12-5-2-6-13-19/h1-6,9-15,21H,7-8,16-17H2,(H2,25,26,28). The number of nitrogens with zero attached hydrogens (tertiary/aromatic N) is 2. The van der Waals surface area contributed by atoms with Crippen molar-refractivity contribution in [2.45, 2.75) is 18.9 Å². The number of nitrogens with one attached hydrogen (secondary N) is 2. The molecular weight excluding hydrogens is 348 g/mol. The van der Waals surface area contributed by atoms with Gasteiger partial charge in [0.15, 0.2) is 5.82 Å². The van der Waals surface area contributed by atoms with Crippen molar-refractivity contribution >= 4 is 17.5 Å². The summed E-state index contributed by atoms with van der Waals surface area (Å²) in [5.74, 6) is 0.839. The third kappa shape index (κ3) is 4.14. The predicted octanol–water partition coefficient (Wildman–Crippen LogP) is 4.59. The summed E-state index contributed by atoms with van der Waals surface area (Å²) in [5.41, 5.74) is 2.81. The third-order valence-electron chi connectivity index (χ3n) is 4.98. The first kappa shape index (κ1) is 18.0. The molecule has 3 aromatic rings. The van der Waals surface area contributed by atoms with Crippen LogP contribution in [-0.2, 0) is 0 Å². The van der Waals surface area contributed by atoms with E-state index in [1.54, 1.807) is 6.20 Å². The number of hydrogen-bond acceptors (Lipinski definition) is 3. The molecule has 4 rings (SSSR count). The van der Waals surface area contributed by atoms with Crippen molar-refractivity contribution in [3.63, 3.8) is 0 Å². The van der Waals surface area contributed by atoms with Crippen LogP contribution in [0.2, 0.25) is 0 Å². The van der Waals surface area contributed by atoms with Crippen LogP contribution in [0.3, 0.4) is 0 Å². The lowest BCUT2D eigenvalue weighted by Gasteiger charge is -2.22. The van der Waals surface area contributed by atoms with Crippen LogP contribution >= 0.6 is 0 Å². The fraction of sp³-hybridized carbons (Fsp3) is 0.217. The zero-order valence-electron chi connectivity index (χ0n) is 15.7. The van der Waals surface area contributed by atoms with Gasteiger partial charge in [0, 0.05) is 19.3 Å². The Balaban J connectivity index is 1.54. The van der Waals surface area contributed by atoms with Crippen molar-refractivity contribution in [3.05, 3.63) is 90.1 Å². The summed E-state index contributed by atoms with van der Waals surface area (Å²) in [4.78, 5) is 19.6. The van der Waals surface area contributed by atoms with Crippen molar-refractivity contribution in [1.29, 1.82) is 0 Å². The molecule has 5 heteroatoms.